The van der Waals surface area contributed by atoms with Gasteiger partial charge in [0.1, 0.15) is 5.82 Å². The van der Waals surface area contributed by atoms with E-state index < -0.39 is 0 Å². The number of likely N-dealkylation sites (tertiary alicyclic amines) is 1. The Morgan fingerprint density at radius 2 is 2.26 bits per heavy atom. The number of halogens is 2. The maximum Gasteiger partial charge on any atom is 0.194 e. The molecule has 1 atom stereocenters. The van der Waals surface area contributed by atoms with Crippen molar-refractivity contribution in [2.45, 2.75) is 30.7 Å². The van der Waals surface area contributed by atoms with Crippen LogP contribution in [0.5, 0.6) is 0 Å². The summed E-state index contributed by atoms with van der Waals surface area (Å²) in [7, 11) is 1.95. The molecule has 1 aromatic carbocycles. The molecule has 1 N–H and O–H groups in total. The van der Waals surface area contributed by atoms with Crippen molar-refractivity contribution in [3.05, 3.63) is 47.5 Å². The first-order chi connectivity index (χ1) is 12.6. The number of nitrogens with zero attached hydrogens (tertiary/aromatic N) is 4. The molecule has 2 heterocycles. The van der Waals surface area contributed by atoms with Crippen LogP contribution in [0, 0.1) is 5.82 Å². The summed E-state index contributed by atoms with van der Waals surface area (Å²) in [6.07, 6.45) is 7.14. The fraction of sp³-hybridized carbons (Fsp3) is 0.474. The Hall–Kier alpha value is -1.29. The molecule has 1 aliphatic rings. The Labute approximate surface area is 181 Å². The van der Waals surface area contributed by atoms with E-state index in [0.29, 0.717) is 12.5 Å². The van der Waals surface area contributed by atoms with E-state index in [1.807, 2.05) is 30.2 Å². The highest BCUT2D eigenvalue weighted by Gasteiger charge is 2.26. The standard InChI is InChI=1S/C19H26FN5S.HI/c1-4-21-19(22-10-15-9-17(20)5-6-18(15)26-3)25-8-7-14(13-25)16-11-23-24(2)12-16;/h5-6,9,11-12,14H,4,7-8,10,13H2,1-3H3,(H,21,22);1H. The first-order valence-electron chi connectivity index (χ1n) is 8.95. The summed E-state index contributed by atoms with van der Waals surface area (Å²) in [6, 6.07) is 4.91. The Bertz CT molecular complexity index is 779. The summed E-state index contributed by atoms with van der Waals surface area (Å²) in [5.41, 5.74) is 2.21. The number of aliphatic imine (C=N–C) groups is 1. The van der Waals surface area contributed by atoms with Gasteiger partial charge in [-0.05, 0) is 48.9 Å². The first kappa shape index (κ1) is 22.0. The molecule has 0 saturated carbocycles. The highest BCUT2D eigenvalue weighted by molar-refractivity contribution is 14.0. The molecule has 27 heavy (non-hydrogen) atoms. The molecule has 1 aliphatic heterocycles. The van der Waals surface area contributed by atoms with Gasteiger partial charge in [0, 0.05) is 43.7 Å². The summed E-state index contributed by atoms with van der Waals surface area (Å²) in [5.74, 6) is 1.16. The number of thioether (sulfide) groups is 1. The van der Waals surface area contributed by atoms with Crippen molar-refractivity contribution in [2.24, 2.45) is 12.0 Å². The summed E-state index contributed by atoms with van der Waals surface area (Å²) in [5, 5.41) is 7.66. The van der Waals surface area contributed by atoms with Crippen LogP contribution in [0.2, 0.25) is 0 Å². The van der Waals surface area contributed by atoms with E-state index in [0.717, 1.165) is 42.5 Å². The topological polar surface area (TPSA) is 45.5 Å². The second-order valence-electron chi connectivity index (χ2n) is 6.51. The van der Waals surface area contributed by atoms with Gasteiger partial charge >= 0.3 is 0 Å². The fourth-order valence-electron chi connectivity index (χ4n) is 3.33. The van der Waals surface area contributed by atoms with Gasteiger partial charge in [-0.1, -0.05) is 0 Å². The Morgan fingerprint density at radius 1 is 1.44 bits per heavy atom. The van der Waals surface area contributed by atoms with Crippen molar-refractivity contribution in [1.29, 1.82) is 0 Å². The average Bonchev–Trinajstić information content (AvgIpc) is 3.27. The Kier molecular flexibility index (Phi) is 8.40. The zero-order valence-corrected chi connectivity index (χ0v) is 19.1. The molecule has 3 rings (SSSR count). The van der Waals surface area contributed by atoms with E-state index in [1.54, 1.807) is 17.8 Å². The van der Waals surface area contributed by atoms with Gasteiger partial charge in [0.2, 0.25) is 0 Å². The van der Waals surface area contributed by atoms with Gasteiger partial charge in [0.15, 0.2) is 5.96 Å². The summed E-state index contributed by atoms with van der Waals surface area (Å²) in [4.78, 5) is 8.14. The average molecular weight is 503 g/mol. The minimum Gasteiger partial charge on any atom is -0.357 e. The van der Waals surface area contributed by atoms with Crippen molar-refractivity contribution >= 4 is 41.7 Å². The van der Waals surface area contributed by atoms with E-state index in [2.05, 4.69) is 28.4 Å². The zero-order chi connectivity index (χ0) is 18.5. The number of aromatic nitrogens is 2. The van der Waals surface area contributed by atoms with E-state index in [-0.39, 0.29) is 29.8 Å². The normalized spacial score (nSPS) is 17.1. The predicted molar refractivity (Wildman–Crippen MR) is 121 cm³/mol. The molecule has 148 valence electrons. The molecule has 8 heteroatoms. The second kappa shape index (κ2) is 10.3. The lowest BCUT2D eigenvalue weighted by Crippen LogP contribution is -2.40. The summed E-state index contributed by atoms with van der Waals surface area (Å²) >= 11 is 1.62. The molecular formula is C19H27FIN5S. The minimum absolute atomic E-state index is 0. The lowest BCUT2D eigenvalue weighted by Gasteiger charge is -2.21. The lowest BCUT2D eigenvalue weighted by atomic mass is 10.0. The van der Waals surface area contributed by atoms with Crippen LogP contribution in [0.3, 0.4) is 0 Å². The zero-order valence-electron chi connectivity index (χ0n) is 16.0. The SMILES string of the molecule is CCNC(=NCc1cc(F)ccc1SC)N1CCC(c2cnn(C)c2)C1.I. The van der Waals surface area contributed by atoms with Crippen LogP contribution in [-0.2, 0) is 13.6 Å². The molecule has 1 fully saturated rings. The third-order valence-electron chi connectivity index (χ3n) is 4.66. The van der Waals surface area contributed by atoms with Gasteiger partial charge < -0.3 is 10.2 Å². The maximum atomic E-state index is 13.6. The molecule has 1 saturated heterocycles. The van der Waals surface area contributed by atoms with Crippen LogP contribution in [-0.4, -0.2) is 46.5 Å². The van der Waals surface area contributed by atoms with Gasteiger partial charge in [-0.2, -0.15) is 5.10 Å². The predicted octanol–water partition coefficient (Wildman–Crippen LogP) is 3.85. The fourth-order valence-corrected chi connectivity index (χ4v) is 3.92. The van der Waals surface area contributed by atoms with E-state index in [1.165, 1.54) is 11.6 Å². The number of hydrogen-bond donors (Lipinski definition) is 1. The van der Waals surface area contributed by atoms with Crippen LogP contribution in [0.1, 0.15) is 30.4 Å². The molecule has 0 amide bonds. The second-order valence-corrected chi connectivity index (χ2v) is 7.35. The van der Waals surface area contributed by atoms with Crippen LogP contribution in [0.4, 0.5) is 4.39 Å². The Balaban J connectivity index is 0.00000261. The molecule has 0 radical (unpaired) electrons. The summed E-state index contributed by atoms with van der Waals surface area (Å²) in [6.45, 7) is 5.25. The molecule has 5 nitrogen and oxygen atoms in total. The Morgan fingerprint density at radius 3 is 2.93 bits per heavy atom. The lowest BCUT2D eigenvalue weighted by molar-refractivity contribution is 0.486. The van der Waals surface area contributed by atoms with Crippen molar-refractivity contribution in [3.8, 4) is 0 Å². The molecule has 0 bridgehead atoms. The van der Waals surface area contributed by atoms with Gasteiger partial charge in [-0.15, -0.1) is 35.7 Å². The molecular weight excluding hydrogens is 476 g/mol. The highest BCUT2D eigenvalue weighted by atomic mass is 127. The molecule has 2 aromatic rings. The van der Waals surface area contributed by atoms with Gasteiger partial charge in [-0.3, -0.25) is 4.68 Å². The number of benzene rings is 1. The molecule has 0 spiro atoms. The van der Waals surface area contributed by atoms with Gasteiger partial charge in [0.05, 0.1) is 12.7 Å². The van der Waals surface area contributed by atoms with Crippen LogP contribution in [0.25, 0.3) is 0 Å². The van der Waals surface area contributed by atoms with Crippen LogP contribution in [0.15, 0.2) is 40.5 Å². The third kappa shape index (κ3) is 5.60. The van der Waals surface area contributed by atoms with E-state index in [4.69, 9.17) is 4.99 Å². The summed E-state index contributed by atoms with van der Waals surface area (Å²) < 4.78 is 15.5. The highest BCUT2D eigenvalue weighted by Crippen LogP contribution is 2.27. The molecule has 1 unspecified atom stereocenters. The van der Waals surface area contributed by atoms with Gasteiger partial charge in [-0.25, -0.2) is 9.38 Å². The van der Waals surface area contributed by atoms with Crippen molar-refractivity contribution in [2.75, 3.05) is 25.9 Å². The quantitative estimate of drug-likeness (QED) is 0.292. The number of rotatable bonds is 5. The largest absolute Gasteiger partial charge is 0.357 e. The monoisotopic (exact) mass is 503 g/mol. The number of hydrogen-bond acceptors (Lipinski definition) is 3. The smallest absolute Gasteiger partial charge is 0.194 e. The van der Waals surface area contributed by atoms with E-state index in [9.17, 15) is 4.39 Å². The minimum atomic E-state index is -0.212. The third-order valence-corrected chi connectivity index (χ3v) is 5.50. The van der Waals surface area contributed by atoms with Crippen molar-refractivity contribution in [3.63, 3.8) is 0 Å². The maximum absolute atomic E-state index is 13.6. The number of nitrogens with one attached hydrogen (secondary N) is 1. The van der Waals surface area contributed by atoms with Crippen molar-refractivity contribution in [1.82, 2.24) is 20.0 Å². The molecule has 0 aliphatic carbocycles. The van der Waals surface area contributed by atoms with Gasteiger partial charge in [0.25, 0.3) is 0 Å². The molecule has 1 aromatic heterocycles. The number of guanidine groups is 1. The number of aryl methyl sites for hydroxylation is 1. The first-order valence-corrected chi connectivity index (χ1v) is 10.2. The van der Waals surface area contributed by atoms with Crippen molar-refractivity contribution < 1.29 is 4.39 Å². The van der Waals surface area contributed by atoms with E-state index >= 15 is 0 Å². The van der Waals surface area contributed by atoms with Crippen LogP contribution >= 0.6 is 35.7 Å². The van der Waals surface area contributed by atoms with Crippen LogP contribution < -0.4 is 5.32 Å².